The van der Waals surface area contributed by atoms with E-state index < -0.39 is 0 Å². The molecule has 2 N–H and O–H groups in total. The SMILES string of the molecule is NCC1CC(n2cc(-c3ncc(F)c4cccnc34)c(C3CC3)n2)C1. The number of aromatic nitrogens is 4. The third-order valence-electron chi connectivity index (χ3n) is 5.49. The molecule has 0 radical (unpaired) electrons. The fourth-order valence-electron chi connectivity index (χ4n) is 3.78. The topological polar surface area (TPSA) is 69.6 Å². The van der Waals surface area contributed by atoms with Crippen molar-refractivity contribution in [3.63, 3.8) is 0 Å². The van der Waals surface area contributed by atoms with Crippen LogP contribution in [0.3, 0.4) is 0 Å². The smallest absolute Gasteiger partial charge is 0.150 e. The molecule has 128 valence electrons. The lowest BCUT2D eigenvalue weighted by atomic mass is 9.80. The van der Waals surface area contributed by atoms with Gasteiger partial charge in [0.05, 0.1) is 23.4 Å². The summed E-state index contributed by atoms with van der Waals surface area (Å²) >= 11 is 0. The highest BCUT2D eigenvalue weighted by molar-refractivity contribution is 5.92. The first-order valence-electron chi connectivity index (χ1n) is 8.93. The molecule has 3 aromatic rings. The van der Waals surface area contributed by atoms with Gasteiger partial charge in [0.1, 0.15) is 5.69 Å². The van der Waals surface area contributed by atoms with Crippen LogP contribution in [-0.4, -0.2) is 26.3 Å². The molecule has 5 nitrogen and oxygen atoms in total. The second-order valence-corrected chi connectivity index (χ2v) is 7.26. The normalized spacial score (nSPS) is 23.0. The van der Waals surface area contributed by atoms with Crippen LogP contribution in [0.5, 0.6) is 0 Å². The van der Waals surface area contributed by atoms with E-state index in [0.29, 0.717) is 28.8 Å². The lowest BCUT2D eigenvalue weighted by Crippen LogP contribution is -2.32. The number of rotatable bonds is 4. The van der Waals surface area contributed by atoms with E-state index in [2.05, 4.69) is 20.8 Å². The summed E-state index contributed by atoms with van der Waals surface area (Å²) in [7, 11) is 0. The van der Waals surface area contributed by atoms with Crippen LogP contribution in [-0.2, 0) is 0 Å². The van der Waals surface area contributed by atoms with E-state index in [9.17, 15) is 4.39 Å². The number of nitrogens with two attached hydrogens (primary N) is 1. The van der Waals surface area contributed by atoms with Crippen LogP contribution in [0.2, 0.25) is 0 Å². The van der Waals surface area contributed by atoms with Gasteiger partial charge in [-0.25, -0.2) is 4.39 Å². The average Bonchev–Trinajstić information content (AvgIpc) is 3.35. The van der Waals surface area contributed by atoms with Gasteiger partial charge in [0.15, 0.2) is 5.82 Å². The van der Waals surface area contributed by atoms with Gasteiger partial charge in [0.25, 0.3) is 0 Å². The van der Waals surface area contributed by atoms with E-state index in [-0.39, 0.29) is 5.82 Å². The van der Waals surface area contributed by atoms with E-state index >= 15 is 0 Å². The quantitative estimate of drug-likeness (QED) is 0.792. The number of nitrogens with zero attached hydrogens (tertiary/aromatic N) is 4. The monoisotopic (exact) mass is 337 g/mol. The van der Waals surface area contributed by atoms with Crippen LogP contribution < -0.4 is 5.73 Å². The minimum atomic E-state index is -0.336. The summed E-state index contributed by atoms with van der Waals surface area (Å²) in [6, 6.07) is 3.92. The summed E-state index contributed by atoms with van der Waals surface area (Å²) in [5, 5.41) is 5.39. The second kappa shape index (κ2) is 5.59. The first-order valence-corrected chi connectivity index (χ1v) is 8.93. The van der Waals surface area contributed by atoms with Gasteiger partial charge in [-0.05, 0) is 50.3 Å². The van der Waals surface area contributed by atoms with Gasteiger partial charge >= 0.3 is 0 Å². The van der Waals surface area contributed by atoms with Gasteiger partial charge < -0.3 is 5.73 Å². The van der Waals surface area contributed by atoms with Crippen molar-refractivity contribution in [2.45, 2.75) is 37.6 Å². The molecule has 2 saturated carbocycles. The van der Waals surface area contributed by atoms with Crippen molar-refractivity contribution in [2.24, 2.45) is 11.7 Å². The minimum Gasteiger partial charge on any atom is -0.330 e. The van der Waals surface area contributed by atoms with Crippen LogP contribution >= 0.6 is 0 Å². The molecule has 25 heavy (non-hydrogen) atoms. The molecule has 0 aromatic carbocycles. The van der Waals surface area contributed by atoms with E-state index in [1.54, 1.807) is 18.3 Å². The van der Waals surface area contributed by atoms with Crippen LogP contribution in [0.25, 0.3) is 22.2 Å². The number of hydrogen-bond donors (Lipinski definition) is 1. The Labute approximate surface area is 145 Å². The minimum absolute atomic E-state index is 0.336. The van der Waals surface area contributed by atoms with E-state index in [1.807, 2.05) is 0 Å². The Bertz CT molecular complexity index is 940. The standard InChI is InChI=1S/C19H20FN5/c20-16-9-23-19(18-14(16)2-1-5-22-18)15-10-25(13-6-11(7-13)8-21)24-17(15)12-3-4-12/h1-2,5,9-13H,3-4,6-8,21H2. The molecule has 2 fully saturated rings. The zero-order chi connectivity index (χ0) is 17.0. The Kier molecular flexibility index (Phi) is 3.35. The third-order valence-corrected chi connectivity index (χ3v) is 5.49. The predicted molar refractivity (Wildman–Crippen MR) is 93.5 cm³/mol. The van der Waals surface area contributed by atoms with Gasteiger partial charge in [0, 0.05) is 29.3 Å². The first-order chi connectivity index (χ1) is 12.2. The molecule has 3 aromatic heterocycles. The Hall–Kier alpha value is -2.34. The second-order valence-electron chi connectivity index (χ2n) is 7.26. The molecule has 2 aliphatic carbocycles. The molecule has 0 aliphatic heterocycles. The van der Waals surface area contributed by atoms with Crippen molar-refractivity contribution >= 4 is 10.9 Å². The molecular formula is C19H20FN5. The average molecular weight is 337 g/mol. The van der Waals surface area contributed by atoms with Crippen LogP contribution in [0.1, 0.15) is 43.3 Å². The van der Waals surface area contributed by atoms with Crippen molar-refractivity contribution in [3.05, 3.63) is 42.2 Å². The molecular weight excluding hydrogens is 317 g/mol. The molecule has 5 rings (SSSR count). The molecule has 3 heterocycles. The molecule has 0 unspecified atom stereocenters. The zero-order valence-corrected chi connectivity index (χ0v) is 13.9. The number of hydrogen-bond acceptors (Lipinski definition) is 4. The molecule has 2 aliphatic rings. The highest BCUT2D eigenvalue weighted by Gasteiger charge is 2.35. The maximum Gasteiger partial charge on any atom is 0.150 e. The van der Waals surface area contributed by atoms with Crippen LogP contribution in [0.4, 0.5) is 4.39 Å². The highest BCUT2D eigenvalue weighted by atomic mass is 19.1. The fourth-order valence-corrected chi connectivity index (χ4v) is 3.78. The van der Waals surface area contributed by atoms with Gasteiger partial charge in [-0.15, -0.1) is 0 Å². The van der Waals surface area contributed by atoms with Crippen molar-refractivity contribution in [1.82, 2.24) is 19.7 Å². The largest absolute Gasteiger partial charge is 0.330 e. The fraction of sp³-hybridized carbons (Fsp3) is 0.421. The van der Waals surface area contributed by atoms with E-state index in [1.165, 1.54) is 6.20 Å². The predicted octanol–water partition coefficient (Wildman–Crippen LogP) is 3.42. The van der Waals surface area contributed by atoms with E-state index in [0.717, 1.165) is 49.2 Å². The summed E-state index contributed by atoms with van der Waals surface area (Å²) in [6.07, 6.45) is 9.54. The van der Waals surface area contributed by atoms with Gasteiger partial charge in [-0.1, -0.05) is 0 Å². The van der Waals surface area contributed by atoms with Crippen molar-refractivity contribution in [2.75, 3.05) is 6.54 Å². The number of halogens is 1. The number of pyridine rings is 2. The summed E-state index contributed by atoms with van der Waals surface area (Å²) in [6.45, 7) is 0.744. The number of fused-ring (bicyclic) bond motifs is 1. The maximum absolute atomic E-state index is 14.1. The summed E-state index contributed by atoms with van der Waals surface area (Å²) in [4.78, 5) is 8.78. The van der Waals surface area contributed by atoms with Crippen LogP contribution in [0.15, 0.2) is 30.7 Å². The summed E-state index contributed by atoms with van der Waals surface area (Å²) < 4.78 is 16.2. The summed E-state index contributed by atoms with van der Waals surface area (Å²) in [5.41, 5.74) is 9.18. The van der Waals surface area contributed by atoms with Crippen molar-refractivity contribution < 1.29 is 4.39 Å². The van der Waals surface area contributed by atoms with Gasteiger partial charge in [-0.3, -0.25) is 14.6 Å². The highest BCUT2D eigenvalue weighted by Crippen LogP contribution is 2.46. The Morgan fingerprint density at radius 1 is 1.24 bits per heavy atom. The Morgan fingerprint density at radius 2 is 2.08 bits per heavy atom. The molecule has 6 heteroatoms. The lowest BCUT2D eigenvalue weighted by molar-refractivity contribution is 0.189. The zero-order valence-electron chi connectivity index (χ0n) is 13.9. The Balaban J connectivity index is 1.62. The van der Waals surface area contributed by atoms with E-state index in [4.69, 9.17) is 10.8 Å². The maximum atomic E-state index is 14.1. The molecule has 0 atom stereocenters. The van der Waals surface area contributed by atoms with Gasteiger partial charge in [-0.2, -0.15) is 5.10 Å². The molecule has 0 amide bonds. The van der Waals surface area contributed by atoms with Crippen molar-refractivity contribution in [1.29, 1.82) is 0 Å². The third kappa shape index (κ3) is 2.43. The molecule has 0 saturated heterocycles. The van der Waals surface area contributed by atoms with Crippen molar-refractivity contribution in [3.8, 4) is 11.3 Å². The molecule has 0 spiro atoms. The first kappa shape index (κ1) is 15.0. The van der Waals surface area contributed by atoms with Gasteiger partial charge in [0.2, 0.25) is 0 Å². The van der Waals surface area contributed by atoms with Crippen LogP contribution in [0, 0.1) is 11.7 Å². The summed E-state index contributed by atoms with van der Waals surface area (Å²) in [5.74, 6) is 0.762. The lowest BCUT2D eigenvalue weighted by Gasteiger charge is -2.34. The Morgan fingerprint density at radius 3 is 2.84 bits per heavy atom. The molecule has 0 bridgehead atoms.